The van der Waals surface area contributed by atoms with E-state index in [0.717, 1.165) is 5.92 Å². The average Bonchev–Trinajstić information content (AvgIpc) is 2.35. The summed E-state index contributed by atoms with van der Waals surface area (Å²) in [7, 11) is 2.92. The Balaban J connectivity index is 2.49. The van der Waals surface area contributed by atoms with Gasteiger partial charge in [0.05, 0.1) is 0 Å². The molecular weight excluding hydrogens is 247 g/mol. The fourth-order valence-corrected chi connectivity index (χ4v) is 2.78. The zero-order valence-corrected chi connectivity index (χ0v) is 14.4. The van der Waals surface area contributed by atoms with Gasteiger partial charge in [0.1, 0.15) is 0 Å². The SMILES string of the molecule is CC(C)=CCCC(C)CCc1ccc(C)c(C)c1P. The Kier molecular flexibility index (Phi) is 6.80. The molecule has 0 aliphatic rings. The second-order valence-corrected chi connectivity index (χ2v) is 6.66. The quantitative estimate of drug-likeness (QED) is 0.500. The van der Waals surface area contributed by atoms with Crippen LogP contribution < -0.4 is 5.30 Å². The summed E-state index contributed by atoms with van der Waals surface area (Å²) < 4.78 is 0. The summed E-state index contributed by atoms with van der Waals surface area (Å²) in [4.78, 5) is 0. The second-order valence-electron chi connectivity index (χ2n) is 6.08. The van der Waals surface area contributed by atoms with Crippen molar-refractivity contribution in [3.05, 3.63) is 40.5 Å². The normalized spacial score (nSPS) is 12.3. The third-order valence-corrected chi connectivity index (χ3v) is 4.80. The van der Waals surface area contributed by atoms with E-state index in [1.54, 1.807) is 0 Å². The maximum Gasteiger partial charge on any atom is -0.0239 e. The third-order valence-electron chi connectivity index (χ3n) is 3.99. The fraction of sp³-hybridized carbons (Fsp3) is 0.556. The van der Waals surface area contributed by atoms with Gasteiger partial charge in [-0.25, -0.2) is 0 Å². The smallest absolute Gasteiger partial charge is 0.0239 e. The zero-order valence-electron chi connectivity index (χ0n) is 13.2. The summed E-state index contributed by atoms with van der Waals surface area (Å²) in [5.74, 6) is 0.807. The van der Waals surface area contributed by atoms with E-state index in [1.807, 2.05) is 0 Å². The molecule has 1 rings (SSSR count). The molecule has 0 aliphatic heterocycles. The lowest BCUT2D eigenvalue weighted by atomic mass is 9.95. The van der Waals surface area contributed by atoms with Gasteiger partial charge in [-0.15, -0.1) is 9.24 Å². The molecule has 0 N–H and O–H groups in total. The first kappa shape index (κ1) is 16.4. The van der Waals surface area contributed by atoms with Crippen molar-refractivity contribution in [1.82, 2.24) is 0 Å². The minimum absolute atomic E-state index is 0.807. The van der Waals surface area contributed by atoms with Crippen molar-refractivity contribution in [3.63, 3.8) is 0 Å². The van der Waals surface area contributed by atoms with Crippen LogP contribution in [0.1, 0.15) is 56.7 Å². The van der Waals surface area contributed by atoms with Gasteiger partial charge < -0.3 is 0 Å². The molecule has 0 saturated carbocycles. The number of rotatable bonds is 6. The Bertz CT molecular complexity index is 439. The van der Waals surface area contributed by atoms with Crippen molar-refractivity contribution in [1.29, 1.82) is 0 Å². The molecular formula is C18H29P. The van der Waals surface area contributed by atoms with Crippen LogP contribution in [0.2, 0.25) is 0 Å². The van der Waals surface area contributed by atoms with E-state index in [-0.39, 0.29) is 0 Å². The molecule has 0 bridgehead atoms. The summed E-state index contributed by atoms with van der Waals surface area (Å²) in [6.45, 7) is 11.1. The molecule has 0 amide bonds. The van der Waals surface area contributed by atoms with Crippen LogP contribution in [0.4, 0.5) is 0 Å². The zero-order chi connectivity index (χ0) is 14.4. The van der Waals surface area contributed by atoms with Crippen LogP contribution >= 0.6 is 9.24 Å². The van der Waals surface area contributed by atoms with Gasteiger partial charge in [0, 0.05) is 0 Å². The Morgan fingerprint density at radius 1 is 1.21 bits per heavy atom. The van der Waals surface area contributed by atoms with Crippen LogP contribution in [0.5, 0.6) is 0 Å². The number of hydrogen-bond donors (Lipinski definition) is 0. The predicted molar refractivity (Wildman–Crippen MR) is 91.4 cm³/mol. The van der Waals surface area contributed by atoms with Crippen LogP contribution in [0.15, 0.2) is 23.8 Å². The predicted octanol–water partition coefficient (Wildman–Crippen LogP) is 5.12. The van der Waals surface area contributed by atoms with Crippen LogP contribution in [-0.2, 0) is 6.42 Å². The molecule has 1 heteroatoms. The van der Waals surface area contributed by atoms with E-state index < -0.39 is 0 Å². The molecule has 1 aromatic rings. The molecule has 0 aliphatic carbocycles. The largest absolute Gasteiger partial charge is 0.105 e. The topological polar surface area (TPSA) is 0 Å². The van der Waals surface area contributed by atoms with E-state index in [4.69, 9.17) is 0 Å². The van der Waals surface area contributed by atoms with Crippen LogP contribution in [0.25, 0.3) is 0 Å². The lowest BCUT2D eigenvalue weighted by Gasteiger charge is -2.14. The van der Waals surface area contributed by atoms with E-state index in [2.05, 4.69) is 62.1 Å². The van der Waals surface area contributed by atoms with Crippen molar-refractivity contribution in [2.75, 3.05) is 0 Å². The first-order valence-corrected chi connectivity index (χ1v) is 7.97. The highest BCUT2D eigenvalue weighted by atomic mass is 31.0. The van der Waals surface area contributed by atoms with Gasteiger partial charge in [0.15, 0.2) is 0 Å². The summed E-state index contributed by atoms with van der Waals surface area (Å²) in [6, 6.07) is 4.56. The Labute approximate surface area is 121 Å². The molecule has 0 heterocycles. The first-order chi connectivity index (χ1) is 8.91. The Morgan fingerprint density at radius 2 is 1.89 bits per heavy atom. The highest BCUT2D eigenvalue weighted by Crippen LogP contribution is 2.17. The van der Waals surface area contributed by atoms with E-state index >= 15 is 0 Å². The minimum atomic E-state index is 0.807. The van der Waals surface area contributed by atoms with E-state index in [9.17, 15) is 0 Å². The highest BCUT2D eigenvalue weighted by Gasteiger charge is 2.06. The molecule has 0 nitrogen and oxygen atoms in total. The van der Waals surface area contributed by atoms with Crippen molar-refractivity contribution in [2.45, 2.75) is 60.3 Å². The molecule has 0 saturated heterocycles. The van der Waals surface area contributed by atoms with E-state index in [1.165, 1.54) is 53.3 Å². The molecule has 0 radical (unpaired) electrons. The third kappa shape index (κ3) is 5.49. The standard InChI is InChI=1S/C18H29P/c1-13(2)7-6-8-14(3)9-11-17-12-10-15(4)16(5)18(17)19/h7,10,12,14H,6,8-9,11,19H2,1-5H3. The molecule has 106 valence electrons. The Morgan fingerprint density at radius 3 is 2.53 bits per heavy atom. The van der Waals surface area contributed by atoms with Crippen LogP contribution in [0.3, 0.4) is 0 Å². The lowest BCUT2D eigenvalue weighted by Crippen LogP contribution is -2.09. The minimum Gasteiger partial charge on any atom is -0.105 e. The summed E-state index contributed by atoms with van der Waals surface area (Å²) >= 11 is 0. The number of benzene rings is 1. The maximum absolute atomic E-state index is 2.92. The van der Waals surface area contributed by atoms with Crippen molar-refractivity contribution in [2.24, 2.45) is 5.92 Å². The number of hydrogen-bond acceptors (Lipinski definition) is 0. The fourth-order valence-electron chi connectivity index (χ4n) is 2.31. The summed E-state index contributed by atoms with van der Waals surface area (Å²) in [6.07, 6.45) is 7.39. The van der Waals surface area contributed by atoms with Gasteiger partial charge in [-0.1, -0.05) is 30.7 Å². The number of aryl methyl sites for hydroxylation is 2. The summed E-state index contributed by atoms with van der Waals surface area (Å²) in [5.41, 5.74) is 5.76. The van der Waals surface area contributed by atoms with Gasteiger partial charge in [0.2, 0.25) is 0 Å². The molecule has 1 aromatic carbocycles. The van der Waals surface area contributed by atoms with Crippen LogP contribution in [-0.4, -0.2) is 0 Å². The van der Waals surface area contributed by atoms with Gasteiger partial charge in [0.25, 0.3) is 0 Å². The maximum atomic E-state index is 2.92. The second kappa shape index (κ2) is 7.85. The molecule has 2 atom stereocenters. The molecule has 19 heavy (non-hydrogen) atoms. The summed E-state index contributed by atoms with van der Waals surface area (Å²) in [5, 5.41) is 1.41. The van der Waals surface area contributed by atoms with Gasteiger partial charge in [-0.3, -0.25) is 0 Å². The molecule has 0 spiro atoms. The number of allylic oxidation sites excluding steroid dienone is 2. The van der Waals surface area contributed by atoms with Crippen molar-refractivity contribution < 1.29 is 0 Å². The van der Waals surface area contributed by atoms with Crippen molar-refractivity contribution >= 4 is 14.5 Å². The molecule has 0 aromatic heterocycles. The molecule has 2 unspecified atom stereocenters. The van der Waals surface area contributed by atoms with Crippen molar-refractivity contribution in [3.8, 4) is 0 Å². The Hall–Kier alpha value is -0.610. The van der Waals surface area contributed by atoms with E-state index in [0.29, 0.717) is 0 Å². The van der Waals surface area contributed by atoms with Gasteiger partial charge in [-0.05, 0) is 81.3 Å². The average molecular weight is 276 g/mol. The van der Waals surface area contributed by atoms with Gasteiger partial charge >= 0.3 is 0 Å². The highest BCUT2D eigenvalue weighted by molar-refractivity contribution is 7.27. The monoisotopic (exact) mass is 276 g/mol. The van der Waals surface area contributed by atoms with Crippen LogP contribution in [0, 0.1) is 19.8 Å². The first-order valence-electron chi connectivity index (χ1n) is 7.39. The van der Waals surface area contributed by atoms with Gasteiger partial charge in [-0.2, -0.15) is 0 Å². The lowest BCUT2D eigenvalue weighted by molar-refractivity contribution is 0.497. The molecule has 0 fully saturated rings.